The lowest BCUT2D eigenvalue weighted by Crippen LogP contribution is -2.47. The Hall–Kier alpha value is -0.570. The Kier molecular flexibility index (Phi) is 2.05. The van der Waals surface area contributed by atoms with Gasteiger partial charge in [-0.3, -0.25) is 4.79 Å². The zero-order chi connectivity index (χ0) is 8.55. The molecule has 0 aromatic rings. The first-order valence-electron chi connectivity index (χ1n) is 4.73. The van der Waals surface area contributed by atoms with E-state index in [1.54, 1.807) is 0 Å². The molecule has 0 amide bonds. The van der Waals surface area contributed by atoms with Crippen molar-refractivity contribution < 1.29 is 9.53 Å². The summed E-state index contributed by atoms with van der Waals surface area (Å²) in [7, 11) is 0. The molecule has 68 valence electrons. The minimum atomic E-state index is 0.0162. The van der Waals surface area contributed by atoms with E-state index in [1.165, 1.54) is 0 Å². The quantitative estimate of drug-likeness (QED) is 0.613. The first-order chi connectivity index (χ1) is 5.83. The van der Waals surface area contributed by atoms with Crippen LogP contribution in [0.1, 0.15) is 19.8 Å². The smallest absolute Gasteiger partial charge is 0.309 e. The summed E-state index contributed by atoms with van der Waals surface area (Å²) in [5.74, 6) is 0.788. The maximum Gasteiger partial charge on any atom is 0.309 e. The van der Waals surface area contributed by atoms with E-state index in [0.29, 0.717) is 18.6 Å². The van der Waals surface area contributed by atoms with Gasteiger partial charge in [0.2, 0.25) is 0 Å². The van der Waals surface area contributed by atoms with Crippen molar-refractivity contribution in [2.24, 2.45) is 11.8 Å². The van der Waals surface area contributed by atoms with Gasteiger partial charge in [0.1, 0.15) is 0 Å². The van der Waals surface area contributed by atoms with Gasteiger partial charge in [0.25, 0.3) is 0 Å². The van der Waals surface area contributed by atoms with Crippen molar-refractivity contribution in [3.8, 4) is 0 Å². The Morgan fingerprint density at radius 2 is 2.50 bits per heavy atom. The van der Waals surface area contributed by atoms with Gasteiger partial charge in [-0.1, -0.05) is 0 Å². The van der Waals surface area contributed by atoms with Crippen molar-refractivity contribution in [3.05, 3.63) is 0 Å². The summed E-state index contributed by atoms with van der Waals surface area (Å²) < 4.78 is 4.99. The molecule has 2 fully saturated rings. The number of ether oxygens (including phenoxy) is 1. The molecule has 3 atom stereocenters. The first-order valence-corrected chi connectivity index (χ1v) is 4.73. The summed E-state index contributed by atoms with van der Waals surface area (Å²) in [4.78, 5) is 11.3. The molecule has 1 saturated carbocycles. The molecule has 3 unspecified atom stereocenters. The van der Waals surface area contributed by atoms with Gasteiger partial charge < -0.3 is 10.1 Å². The fourth-order valence-corrected chi connectivity index (χ4v) is 2.30. The molecular weight excluding hydrogens is 154 g/mol. The predicted octanol–water partition coefficient (Wildman–Crippen LogP) is 0.547. The molecule has 2 aliphatic rings. The molecular formula is C9H15NO2. The Bertz CT molecular complexity index is 193. The summed E-state index contributed by atoms with van der Waals surface area (Å²) in [6.45, 7) is 3.45. The summed E-state index contributed by atoms with van der Waals surface area (Å²) in [6.07, 6.45) is 2.14. The van der Waals surface area contributed by atoms with Gasteiger partial charge in [0, 0.05) is 6.04 Å². The maximum atomic E-state index is 11.3. The van der Waals surface area contributed by atoms with Crippen molar-refractivity contribution in [2.45, 2.75) is 25.8 Å². The van der Waals surface area contributed by atoms with Crippen LogP contribution < -0.4 is 5.32 Å². The molecule has 0 bridgehead atoms. The Morgan fingerprint density at radius 3 is 3.17 bits per heavy atom. The van der Waals surface area contributed by atoms with Crippen LogP contribution in [0.25, 0.3) is 0 Å². The zero-order valence-corrected chi connectivity index (χ0v) is 7.38. The molecule has 3 nitrogen and oxygen atoms in total. The van der Waals surface area contributed by atoms with Crippen LogP contribution >= 0.6 is 0 Å². The highest BCUT2D eigenvalue weighted by Gasteiger charge is 2.48. The number of hydrogen-bond acceptors (Lipinski definition) is 3. The molecule has 12 heavy (non-hydrogen) atoms. The van der Waals surface area contributed by atoms with Gasteiger partial charge in [0.15, 0.2) is 0 Å². The van der Waals surface area contributed by atoms with Gasteiger partial charge in [-0.05, 0) is 32.2 Å². The Labute approximate surface area is 72.5 Å². The second-order valence-electron chi connectivity index (χ2n) is 3.61. The minimum absolute atomic E-state index is 0.0162. The maximum absolute atomic E-state index is 11.3. The highest BCUT2D eigenvalue weighted by molar-refractivity contribution is 5.74. The Morgan fingerprint density at radius 1 is 1.67 bits per heavy atom. The third-order valence-electron chi connectivity index (χ3n) is 3.02. The highest BCUT2D eigenvalue weighted by atomic mass is 16.5. The van der Waals surface area contributed by atoms with Gasteiger partial charge in [-0.25, -0.2) is 0 Å². The van der Waals surface area contributed by atoms with Crippen molar-refractivity contribution in [1.29, 1.82) is 0 Å². The lowest BCUT2D eigenvalue weighted by Gasteiger charge is -2.37. The fourth-order valence-electron chi connectivity index (χ4n) is 2.30. The number of nitrogens with one attached hydrogen (secondary N) is 1. The largest absolute Gasteiger partial charge is 0.466 e. The predicted molar refractivity (Wildman–Crippen MR) is 44.6 cm³/mol. The summed E-state index contributed by atoms with van der Waals surface area (Å²) in [5, 5.41) is 3.38. The number of hydrogen-bond donors (Lipinski definition) is 1. The van der Waals surface area contributed by atoms with Crippen LogP contribution in [-0.4, -0.2) is 25.2 Å². The van der Waals surface area contributed by atoms with Gasteiger partial charge in [0.05, 0.1) is 12.5 Å². The normalized spacial score (nSPS) is 38.6. The lowest BCUT2D eigenvalue weighted by atomic mass is 9.70. The summed E-state index contributed by atoms with van der Waals surface area (Å²) in [6, 6.07) is 0.611. The molecule has 1 saturated heterocycles. The zero-order valence-electron chi connectivity index (χ0n) is 7.38. The molecule has 0 spiro atoms. The molecule has 2 rings (SSSR count). The minimum Gasteiger partial charge on any atom is -0.466 e. The Balaban J connectivity index is 1.87. The number of fused-ring (bicyclic) bond motifs is 1. The van der Waals surface area contributed by atoms with Crippen LogP contribution in [0.2, 0.25) is 0 Å². The third kappa shape index (κ3) is 1.12. The van der Waals surface area contributed by atoms with Crippen LogP contribution in [0.3, 0.4) is 0 Å². The molecule has 1 aliphatic heterocycles. The lowest BCUT2D eigenvalue weighted by molar-refractivity contribution is -0.154. The standard InChI is InChI=1S/C9H15NO2/c1-2-12-9(11)7-5-8-6(7)3-4-10-8/h6-8,10H,2-5H2,1H3. The van der Waals surface area contributed by atoms with E-state index in [4.69, 9.17) is 4.74 Å². The molecule has 3 heteroatoms. The van der Waals surface area contributed by atoms with Crippen molar-refractivity contribution in [1.82, 2.24) is 5.32 Å². The summed E-state index contributed by atoms with van der Waals surface area (Å²) >= 11 is 0. The molecule has 1 heterocycles. The van der Waals surface area contributed by atoms with Crippen LogP contribution in [-0.2, 0) is 9.53 Å². The van der Waals surface area contributed by atoms with Gasteiger partial charge in [-0.2, -0.15) is 0 Å². The molecule has 0 aromatic carbocycles. The van der Waals surface area contributed by atoms with E-state index in [9.17, 15) is 4.79 Å². The summed E-state index contributed by atoms with van der Waals surface area (Å²) in [5.41, 5.74) is 0. The van der Waals surface area contributed by atoms with E-state index in [0.717, 1.165) is 19.4 Å². The van der Waals surface area contributed by atoms with Gasteiger partial charge in [-0.15, -0.1) is 0 Å². The first kappa shape index (κ1) is 8.05. The second kappa shape index (κ2) is 3.05. The van der Waals surface area contributed by atoms with Crippen LogP contribution in [0.5, 0.6) is 0 Å². The van der Waals surface area contributed by atoms with Crippen LogP contribution in [0, 0.1) is 11.8 Å². The van der Waals surface area contributed by atoms with Crippen molar-refractivity contribution in [3.63, 3.8) is 0 Å². The third-order valence-corrected chi connectivity index (χ3v) is 3.02. The van der Waals surface area contributed by atoms with Gasteiger partial charge >= 0.3 is 5.97 Å². The topological polar surface area (TPSA) is 38.3 Å². The van der Waals surface area contributed by atoms with E-state index in [-0.39, 0.29) is 11.9 Å². The van der Waals surface area contributed by atoms with Crippen molar-refractivity contribution in [2.75, 3.05) is 13.2 Å². The SMILES string of the molecule is CCOC(=O)C1CC2NCCC21. The van der Waals surface area contributed by atoms with E-state index in [2.05, 4.69) is 5.32 Å². The number of carbonyl (C=O) groups excluding carboxylic acids is 1. The van der Waals surface area contributed by atoms with E-state index < -0.39 is 0 Å². The second-order valence-corrected chi connectivity index (χ2v) is 3.61. The molecule has 0 radical (unpaired) electrons. The fraction of sp³-hybridized carbons (Fsp3) is 0.889. The van der Waals surface area contributed by atoms with Crippen LogP contribution in [0.4, 0.5) is 0 Å². The molecule has 1 N–H and O–H groups in total. The van der Waals surface area contributed by atoms with E-state index >= 15 is 0 Å². The molecule has 0 aromatic heterocycles. The molecule has 1 aliphatic carbocycles. The number of carbonyl (C=O) groups is 1. The highest BCUT2D eigenvalue weighted by Crippen LogP contribution is 2.40. The number of rotatable bonds is 2. The van der Waals surface area contributed by atoms with E-state index in [1.807, 2.05) is 6.92 Å². The average molecular weight is 169 g/mol. The van der Waals surface area contributed by atoms with Crippen molar-refractivity contribution >= 4 is 5.97 Å². The van der Waals surface area contributed by atoms with Crippen LogP contribution in [0.15, 0.2) is 0 Å². The average Bonchev–Trinajstić information content (AvgIpc) is 2.33. The number of esters is 1. The monoisotopic (exact) mass is 169 g/mol.